The van der Waals surface area contributed by atoms with E-state index in [0.29, 0.717) is 6.04 Å². The largest absolute Gasteiger partial charge is 0.316 e. The Morgan fingerprint density at radius 2 is 1.81 bits per heavy atom. The molecule has 1 aliphatic carbocycles. The molecule has 1 aromatic heterocycles. The quantitative estimate of drug-likeness (QED) is 0.764. The fourth-order valence-corrected chi connectivity index (χ4v) is 3.73. The number of nitrogens with zero attached hydrogens (tertiary/aromatic N) is 2. The van der Waals surface area contributed by atoms with Crippen molar-refractivity contribution in [3.05, 3.63) is 17.0 Å². The van der Waals surface area contributed by atoms with Gasteiger partial charge >= 0.3 is 0 Å². The number of hydrogen-bond donors (Lipinski definition) is 1. The normalized spacial score (nSPS) is 22.7. The van der Waals surface area contributed by atoms with E-state index in [2.05, 4.69) is 37.7 Å². The summed E-state index contributed by atoms with van der Waals surface area (Å²) >= 11 is 0. The van der Waals surface area contributed by atoms with Gasteiger partial charge in [0.2, 0.25) is 0 Å². The zero-order valence-corrected chi connectivity index (χ0v) is 14.4. The van der Waals surface area contributed by atoms with Gasteiger partial charge in [-0.05, 0) is 76.9 Å². The lowest BCUT2D eigenvalue weighted by molar-refractivity contribution is 0.253. The van der Waals surface area contributed by atoms with Crippen LogP contribution in [0.25, 0.3) is 0 Å². The Bertz CT molecular complexity index is 428. The molecule has 0 aliphatic heterocycles. The minimum atomic E-state index is 0.642. The van der Waals surface area contributed by atoms with Gasteiger partial charge in [0.15, 0.2) is 0 Å². The van der Waals surface area contributed by atoms with Gasteiger partial charge in [-0.3, -0.25) is 4.68 Å². The van der Waals surface area contributed by atoms with Crippen LogP contribution in [0.1, 0.15) is 75.4 Å². The second-order valence-corrected chi connectivity index (χ2v) is 6.68. The van der Waals surface area contributed by atoms with Crippen molar-refractivity contribution in [1.82, 2.24) is 15.1 Å². The van der Waals surface area contributed by atoms with Crippen LogP contribution in [-0.4, -0.2) is 22.9 Å². The van der Waals surface area contributed by atoms with Gasteiger partial charge in [0.1, 0.15) is 0 Å². The minimum absolute atomic E-state index is 0.642. The van der Waals surface area contributed by atoms with Crippen molar-refractivity contribution >= 4 is 0 Å². The maximum Gasteiger partial charge on any atom is 0.0629 e. The van der Waals surface area contributed by atoms with Gasteiger partial charge in [-0.15, -0.1) is 0 Å². The van der Waals surface area contributed by atoms with Gasteiger partial charge in [-0.25, -0.2) is 0 Å². The van der Waals surface area contributed by atoms with Crippen molar-refractivity contribution in [3.63, 3.8) is 0 Å². The molecule has 3 nitrogen and oxygen atoms in total. The van der Waals surface area contributed by atoms with E-state index >= 15 is 0 Å². The van der Waals surface area contributed by atoms with Crippen LogP contribution < -0.4 is 5.32 Å². The summed E-state index contributed by atoms with van der Waals surface area (Å²) in [5.41, 5.74) is 4.12. The van der Waals surface area contributed by atoms with E-state index in [1.54, 1.807) is 0 Å². The van der Waals surface area contributed by atoms with Crippen molar-refractivity contribution in [3.8, 4) is 0 Å². The van der Waals surface area contributed by atoms with Crippen LogP contribution in [0.4, 0.5) is 0 Å². The second kappa shape index (κ2) is 7.98. The number of hydrogen-bond acceptors (Lipinski definition) is 2. The molecule has 1 N–H and O–H groups in total. The fourth-order valence-electron chi connectivity index (χ4n) is 3.73. The first-order valence-electron chi connectivity index (χ1n) is 8.92. The van der Waals surface area contributed by atoms with Crippen molar-refractivity contribution in [2.75, 3.05) is 13.1 Å². The Morgan fingerprint density at radius 3 is 2.43 bits per heavy atom. The summed E-state index contributed by atoms with van der Waals surface area (Å²) in [7, 11) is 0. The highest BCUT2D eigenvalue weighted by molar-refractivity contribution is 5.25. The van der Waals surface area contributed by atoms with E-state index in [-0.39, 0.29) is 0 Å². The zero-order chi connectivity index (χ0) is 15.2. The average molecular weight is 291 g/mol. The highest BCUT2D eigenvalue weighted by atomic mass is 15.3. The summed E-state index contributed by atoms with van der Waals surface area (Å²) in [6, 6.07) is 0.642. The van der Waals surface area contributed by atoms with Crippen LogP contribution in [-0.2, 0) is 6.42 Å². The molecule has 2 rings (SSSR count). The highest BCUT2D eigenvalue weighted by Gasteiger charge is 2.24. The van der Waals surface area contributed by atoms with E-state index < -0.39 is 0 Å². The Morgan fingerprint density at radius 1 is 1.10 bits per heavy atom. The third-order valence-corrected chi connectivity index (χ3v) is 5.19. The van der Waals surface area contributed by atoms with Crippen LogP contribution in [0.2, 0.25) is 0 Å². The lowest BCUT2D eigenvalue weighted by atomic mass is 9.84. The smallest absolute Gasteiger partial charge is 0.0629 e. The standard InChI is InChI=1S/C18H33N3/c1-5-12-19-13-11-18-14(3)20-21(15(18)4)17-9-7-16(6-2)8-10-17/h16-17,19H,5-13H2,1-4H3. The van der Waals surface area contributed by atoms with Gasteiger partial charge in [-0.1, -0.05) is 20.3 Å². The first-order chi connectivity index (χ1) is 10.2. The lowest BCUT2D eigenvalue weighted by Gasteiger charge is -2.28. The van der Waals surface area contributed by atoms with E-state index in [0.717, 1.165) is 25.4 Å². The van der Waals surface area contributed by atoms with Gasteiger partial charge in [0.25, 0.3) is 0 Å². The number of nitrogens with one attached hydrogen (secondary N) is 1. The Labute approximate surface area is 130 Å². The first-order valence-corrected chi connectivity index (χ1v) is 8.92. The third kappa shape index (κ3) is 4.09. The SMILES string of the molecule is CCCNCCc1c(C)nn(C2CCC(CC)CC2)c1C. The third-order valence-electron chi connectivity index (χ3n) is 5.19. The molecule has 0 unspecified atom stereocenters. The van der Waals surface area contributed by atoms with Crippen LogP contribution in [0, 0.1) is 19.8 Å². The first kappa shape index (κ1) is 16.5. The summed E-state index contributed by atoms with van der Waals surface area (Å²) in [5, 5.41) is 8.38. The molecule has 0 radical (unpaired) electrons. The molecule has 0 saturated heterocycles. The second-order valence-electron chi connectivity index (χ2n) is 6.68. The molecule has 0 aromatic carbocycles. The predicted octanol–water partition coefficient (Wildman–Crippen LogP) is 4.18. The highest BCUT2D eigenvalue weighted by Crippen LogP contribution is 2.34. The summed E-state index contributed by atoms with van der Waals surface area (Å²) in [4.78, 5) is 0. The molecule has 0 spiro atoms. The average Bonchev–Trinajstić information content (AvgIpc) is 2.79. The Kier molecular flexibility index (Phi) is 6.28. The molecule has 1 saturated carbocycles. The van der Waals surface area contributed by atoms with E-state index in [4.69, 9.17) is 5.10 Å². The molecule has 120 valence electrons. The Hall–Kier alpha value is -0.830. The van der Waals surface area contributed by atoms with Crippen LogP contribution in [0.15, 0.2) is 0 Å². The molecule has 1 fully saturated rings. The zero-order valence-electron chi connectivity index (χ0n) is 14.4. The molecule has 1 aromatic rings. The van der Waals surface area contributed by atoms with Crippen LogP contribution >= 0.6 is 0 Å². The maximum atomic E-state index is 4.87. The molecule has 0 bridgehead atoms. The summed E-state index contributed by atoms with van der Waals surface area (Å²) in [5.74, 6) is 0.955. The molecule has 0 atom stereocenters. The van der Waals surface area contributed by atoms with Gasteiger partial charge in [-0.2, -0.15) is 5.10 Å². The minimum Gasteiger partial charge on any atom is -0.316 e. The fraction of sp³-hybridized carbons (Fsp3) is 0.833. The topological polar surface area (TPSA) is 29.9 Å². The van der Waals surface area contributed by atoms with Gasteiger partial charge in [0.05, 0.1) is 11.7 Å². The predicted molar refractivity (Wildman–Crippen MR) is 89.9 cm³/mol. The molecule has 21 heavy (non-hydrogen) atoms. The maximum absolute atomic E-state index is 4.87. The molecule has 3 heteroatoms. The van der Waals surface area contributed by atoms with Crippen molar-refractivity contribution in [1.29, 1.82) is 0 Å². The van der Waals surface area contributed by atoms with Crippen molar-refractivity contribution in [2.45, 2.75) is 78.7 Å². The van der Waals surface area contributed by atoms with E-state index in [9.17, 15) is 0 Å². The summed E-state index contributed by atoms with van der Waals surface area (Å²) in [6.45, 7) is 11.2. The summed E-state index contributed by atoms with van der Waals surface area (Å²) in [6.07, 6.45) is 9.06. The Balaban J connectivity index is 1.98. The molecular formula is C18H33N3. The lowest BCUT2D eigenvalue weighted by Crippen LogP contribution is -2.20. The number of aromatic nitrogens is 2. The summed E-state index contributed by atoms with van der Waals surface area (Å²) < 4.78 is 2.34. The van der Waals surface area contributed by atoms with E-state index in [1.807, 2.05) is 0 Å². The van der Waals surface area contributed by atoms with Crippen LogP contribution in [0.5, 0.6) is 0 Å². The van der Waals surface area contributed by atoms with Crippen molar-refractivity contribution < 1.29 is 0 Å². The van der Waals surface area contributed by atoms with E-state index in [1.165, 1.54) is 55.5 Å². The molecular weight excluding hydrogens is 258 g/mol. The van der Waals surface area contributed by atoms with Gasteiger partial charge < -0.3 is 5.32 Å². The van der Waals surface area contributed by atoms with Crippen LogP contribution in [0.3, 0.4) is 0 Å². The van der Waals surface area contributed by atoms with Crippen molar-refractivity contribution in [2.24, 2.45) is 5.92 Å². The molecule has 0 amide bonds. The number of rotatable bonds is 7. The molecule has 1 aliphatic rings. The monoisotopic (exact) mass is 291 g/mol. The van der Waals surface area contributed by atoms with Gasteiger partial charge in [0, 0.05) is 5.69 Å². The molecule has 1 heterocycles. The number of aryl methyl sites for hydroxylation is 1.